The number of rotatable bonds is 3. The molecule has 5 rings (SSSR count). The van der Waals surface area contributed by atoms with Crippen LogP contribution in [0.3, 0.4) is 0 Å². The Hall–Kier alpha value is -3.45. The molecule has 0 radical (unpaired) electrons. The van der Waals surface area contributed by atoms with E-state index in [0.717, 1.165) is 21.6 Å². The fourth-order valence-electron chi connectivity index (χ4n) is 4.41. The van der Waals surface area contributed by atoms with Crippen LogP contribution in [0.5, 0.6) is 0 Å². The Kier molecular flexibility index (Phi) is 5.06. The summed E-state index contributed by atoms with van der Waals surface area (Å²) >= 11 is 1.46. The van der Waals surface area contributed by atoms with Crippen LogP contribution >= 0.6 is 11.3 Å². The second-order valence-corrected chi connectivity index (χ2v) is 9.29. The van der Waals surface area contributed by atoms with Crippen LogP contribution in [-0.2, 0) is 24.3 Å². The zero-order valence-electron chi connectivity index (χ0n) is 18.0. The van der Waals surface area contributed by atoms with Crippen molar-refractivity contribution in [2.24, 2.45) is 0 Å². The number of aromatic nitrogens is 2. The molecule has 4 aromatic rings. The van der Waals surface area contributed by atoms with E-state index in [4.69, 9.17) is 0 Å². The molecule has 0 atom stereocenters. The lowest BCUT2D eigenvalue weighted by molar-refractivity contribution is -0.129. The summed E-state index contributed by atoms with van der Waals surface area (Å²) in [4.78, 5) is 42.7. The van der Waals surface area contributed by atoms with E-state index in [1.807, 2.05) is 43.3 Å². The number of hydrogen-bond donors (Lipinski definition) is 0. The number of amides is 1. The van der Waals surface area contributed by atoms with Crippen LogP contribution in [0.25, 0.3) is 15.9 Å². The van der Waals surface area contributed by atoms with Gasteiger partial charge in [-0.05, 0) is 36.6 Å². The fourth-order valence-corrected chi connectivity index (χ4v) is 5.76. The number of benzene rings is 2. The molecule has 3 heterocycles. The number of thiophene rings is 1. The van der Waals surface area contributed by atoms with Crippen LogP contribution < -0.4 is 11.2 Å². The summed E-state index contributed by atoms with van der Waals surface area (Å²) in [6.45, 7) is 5.02. The molecular formula is C25H23N3O3S. The van der Waals surface area contributed by atoms with Gasteiger partial charge in [0.05, 0.1) is 24.2 Å². The maximum Gasteiger partial charge on any atom is 0.337 e. The van der Waals surface area contributed by atoms with Gasteiger partial charge in [-0.1, -0.05) is 48.0 Å². The van der Waals surface area contributed by atoms with Crippen LogP contribution in [0.4, 0.5) is 0 Å². The van der Waals surface area contributed by atoms with Crippen LogP contribution in [0.15, 0.2) is 64.2 Å². The molecule has 0 unspecified atom stereocenters. The van der Waals surface area contributed by atoms with Crippen LogP contribution in [0.2, 0.25) is 0 Å². The van der Waals surface area contributed by atoms with Crippen molar-refractivity contribution in [1.29, 1.82) is 0 Å². The predicted octanol–water partition coefficient (Wildman–Crippen LogP) is 3.48. The van der Waals surface area contributed by atoms with Crippen molar-refractivity contribution >= 4 is 27.5 Å². The van der Waals surface area contributed by atoms with Gasteiger partial charge in [-0.15, -0.1) is 11.3 Å². The maximum absolute atomic E-state index is 13.6. The smallest absolute Gasteiger partial charge is 0.337 e. The molecular weight excluding hydrogens is 422 g/mol. The van der Waals surface area contributed by atoms with Gasteiger partial charge in [0.1, 0.15) is 4.83 Å². The molecule has 2 aromatic heterocycles. The van der Waals surface area contributed by atoms with Gasteiger partial charge in [0.2, 0.25) is 5.91 Å². The van der Waals surface area contributed by atoms with E-state index in [1.165, 1.54) is 15.9 Å². The molecule has 0 saturated carbocycles. The third kappa shape index (κ3) is 3.39. The number of carbonyl (C=O) groups is 1. The molecule has 2 aromatic carbocycles. The molecule has 0 spiro atoms. The van der Waals surface area contributed by atoms with Crippen molar-refractivity contribution in [3.05, 3.63) is 97.0 Å². The summed E-state index contributed by atoms with van der Waals surface area (Å²) in [6.07, 6.45) is 0.613. The van der Waals surface area contributed by atoms with Gasteiger partial charge in [-0.25, -0.2) is 9.36 Å². The lowest BCUT2D eigenvalue weighted by Gasteiger charge is -2.25. The summed E-state index contributed by atoms with van der Waals surface area (Å²) in [6, 6.07) is 17.1. The van der Waals surface area contributed by atoms with Crippen molar-refractivity contribution in [3.63, 3.8) is 0 Å². The Labute approximate surface area is 189 Å². The quantitative estimate of drug-likeness (QED) is 0.485. The van der Waals surface area contributed by atoms with Gasteiger partial charge in [-0.3, -0.25) is 14.2 Å². The monoisotopic (exact) mass is 445 g/mol. The number of nitrogens with zero attached hydrogens (tertiary/aromatic N) is 3. The minimum atomic E-state index is -0.350. The zero-order chi connectivity index (χ0) is 22.4. The summed E-state index contributed by atoms with van der Waals surface area (Å²) in [7, 11) is 0. The van der Waals surface area contributed by atoms with Crippen molar-refractivity contribution < 1.29 is 4.79 Å². The molecule has 0 saturated heterocycles. The Morgan fingerprint density at radius 1 is 1.06 bits per heavy atom. The van der Waals surface area contributed by atoms with E-state index in [9.17, 15) is 14.4 Å². The van der Waals surface area contributed by atoms with Crippen LogP contribution in [-0.4, -0.2) is 26.5 Å². The molecule has 6 nitrogen and oxygen atoms in total. The van der Waals surface area contributed by atoms with E-state index in [-0.39, 0.29) is 17.2 Å². The molecule has 162 valence electrons. The van der Waals surface area contributed by atoms with Gasteiger partial charge in [-0.2, -0.15) is 0 Å². The van der Waals surface area contributed by atoms with Crippen molar-refractivity contribution in [1.82, 2.24) is 14.0 Å². The molecule has 7 heteroatoms. The van der Waals surface area contributed by atoms with E-state index < -0.39 is 0 Å². The van der Waals surface area contributed by atoms with Crippen molar-refractivity contribution in [2.75, 3.05) is 6.54 Å². The average molecular weight is 446 g/mol. The van der Waals surface area contributed by atoms with Gasteiger partial charge < -0.3 is 4.90 Å². The van der Waals surface area contributed by atoms with E-state index in [2.05, 4.69) is 6.07 Å². The third-order valence-corrected chi connectivity index (χ3v) is 7.25. The largest absolute Gasteiger partial charge is 0.337 e. The maximum atomic E-state index is 13.6. The van der Waals surface area contributed by atoms with Gasteiger partial charge in [0.25, 0.3) is 5.56 Å². The zero-order valence-corrected chi connectivity index (χ0v) is 18.8. The van der Waals surface area contributed by atoms with Gasteiger partial charge in [0.15, 0.2) is 0 Å². The van der Waals surface area contributed by atoms with Crippen LogP contribution in [0.1, 0.15) is 28.5 Å². The number of aryl methyl sites for hydroxylation is 1. The first-order valence-electron chi connectivity index (χ1n) is 10.6. The molecule has 0 bridgehead atoms. The number of para-hydroxylation sites is 1. The minimum Gasteiger partial charge on any atom is -0.337 e. The standard InChI is InChI=1S/C25H23N3O3S/c1-16-7-6-8-18(13-16)14-27-24-22(20-11-12-26(17(2)29)15-21(20)32-24)23(30)28(25(27)31)19-9-4-3-5-10-19/h3-10,13H,11-12,14-15H2,1-2H3. The highest BCUT2D eigenvalue weighted by atomic mass is 32.1. The van der Waals surface area contributed by atoms with Crippen molar-refractivity contribution in [3.8, 4) is 5.69 Å². The van der Waals surface area contributed by atoms with E-state index in [1.54, 1.807) is 28.5 Å². The lowest BCUT2D eigenvalue weighted by Crippen LogP contribution is -2.39. The summed E-state index contributed by atoms with van der Waals surface area (Å²) in [5.41, 5.74) is 3.01. The highest BCUT2D eigenvalue weighted by molar-refractivity contribution is 7.18. The van der Waals surface area contributed by atoms with Gasteiger partial charge in [0, 0.05) is 18.3 Å². The lowest BCUT2D eigenvalue weighted by atomic mass is 10.1. The molecule has 0 fully saturated rings. The normalized spacial score (nSPS) is 13.4. The van der Waals surface area contributed by atoms with Gasteiger partial charge >= 0.3 is 5.69 Å². The summed E-state index contributed by atoms with van der Waals surface area (Å²) < 4.78 is 2.99. The highest BCUT2D eigenvalue weighted by Crippen LogP contribution is 2.33. The summed E-state index contributed by atoms with van der Waals surface area (Å²) in [5.74, 6) is 0.0203. The molecule has 1 aliphatic heterocycles. The Morgan fingerprint density at radius 3 is 2.56 bits per heavy atom. The average Bonchev–Trinajstić information content (AvgIpc) is 3.16. The summed E-state index contributed by atoms with van der Waals surface area (Å²) in [5, 5.41) is 0.601. The second-order valence-electron chi connectivity index (χ2n) is 8.21. The molecule has 0 N–H and O–H groups in total. The Balaban J connectivity index is 1.80. The predicted molar refractivity (Wildman–Crippen MR) is 127 cm³/mol. The SMILES string of the molecule is CC(=O)N1CCc2c(sc3c2c(=O)n(-c2ccccc2)c(=O)n3Cc2cccc(C)c2)C1. The Morgan fingerprint density at radius 2 is 1.84 bits per heavy atom. The first-order valence-corrected chi connectivity index (χ1v) is 11.4. The van der Waals surface area contributed by atoms with E-state index >= 15 is 0 Å². The highest BCUT2D eigenvalue weighted by Gasteiger charge is 2.27. The molecule has 1 aliphatic rings. The Bertz CT molecular complexity index is 1460. The molecule has 1 amide bonds. The fraction of sp³-hybridized carbons (Fsp3) is 0.240. The minimum absolute atomic E-state index is 0.0203. The molecule has 32 heavy (non-hydrogen) atoms. The molecule has 0 aliphatic carbocycles. The first-order chi connectivity index (χ1) is 15.4. The third-order valence-electron chi connectivity index (χ3n) is 6.01. The number of hydrogen-bond acceptors (Lipinski definition) is 4. The first kappa shape index (κ1) is 20.5. The second kappa shape index (κ2) is 7.91. The van der Waals surface area contributed by atoms with E-state index in [0.29, 0.717) is 42.0 Å². The van der Waals surface area contributed by atoms with Crippen molar-refractivity contribution in [2.45, 2.75) is 33.4 Å². The number of carbonyl (C=O) groups excluding carboxylic acids is 1. The van der Waals surface area contributed by atoms with Crippen LogP contribution in [0, 0.1) is 6.92 Å². The number of fused-ring (bicyclic) bond motifs is 3. The topological polar surface area (TPSA) is 64.3 Å².